The lowest BCUT2D eigenvalue weighted by Gasteiger charge is -2.27. The first kappa shape index (κ1) is 23.4. The Morgan fingerprint density at radius 2 is 1.76 bits per heavy atom. The Hall–Kier alpha value is -4.02. The molecule has 1 fully saturated rings. The number of hydrogen-bond donors (Lipinski definition) is 0. The van der Waals surface area contributed by atoms with Crippen molar-refractivity contribution in [1.82, 2.24) is 34.4 Å². The maximum Gasteiger partial charge on any atom is 0.253 e. The first-order valence-electron chi connectivity index (χ1n) is 12.5. The second kappa shape index (κ2) is 9.79. The second-order valence-corrected chi connectivity index (χ2v) is 9.48. The summed E-state index contributed by atoms with van der Waals surface area (Å²) in [4.78, 5) is 14.1. The van der Waals surface area contributed by atoms with Crippen LogP contribution in [0.2, 0.25) is 0 Å². The lowest BCUT2D eigenvalue weighted by molar-refractivity contribution is 0.122. The maximum atomic E-state index is 6.37. The molecule has 0 atom stereocenters. The number of nitrogens with zero attached hydrogens (tertiary/aromatic N) is 8. The van der Waals surface area contributed by atoms with Crippen molar-refractivity contribution in [2.75, 3.05) is 51.8 Å². The van der Waals surface area contributed by atoms with Gasteiger partial charge in [0.1, 0.15) is 11.2 Å². The number of aryl methyl sites for hydroxylation is 1. The van der Waals surface area contributed by atoms with E-state index in [9.17, 15) is 0 Å². The third-order valence-corrected chi connectivity index (χ3v) is 6.56. The quantitative estimate of drug-likeness (QED) is 0.337. The standard InChI is InChI=1S/C27H30N8O2/c1-32(2)11-9-20-17-22(30-33(20)3)24-18-23-25(37-24)26(34-13-15-36-16-14-34)29-27(28-23)35-12-10-21(31-35)19-7-5-4-6-8-19/h4-8,10,12,17-18H,9,11,13-16H2,1-3H3. The Bertz CT molecular complexity index is 1510. The van der Waals surface area contributed by atoms with Crippen molar-refractivity contribution >= 4 is 16.9 Å². The predicted molar refractivity (Wildman–Crippen MR) is 142 cm³/mol. The molecule has 1 aliphatic rings. The number of benzene rings is 1. The van der Waals surface area contributed by atoms with E-state index in [1.807, 2.05) is 60.4 Å². The van der Waals surface area contributed by atoms with E-state index in [2.05, 4.69) is 30.0 Å². The Labute approximate surface area is 215 Å². The molecule has 0 aliphatic carbocycles. The van der Waals surface area contributed by atoms with Crippen LogP contribution in [0.5, 0.6) is 0 Å². The van der Waals surface area contributed by atoms with E-state index in [0.717, 1.165) is 60.0 Å². The number of likely N-dealkylation sites (N-methyl/N-ethyl adjacent to an activating group) is 1. The summed E-state index contributed by atoms with van der Waals surface area (Å²) in [5, 5.41) is 9.48. The fourth-order valence-electron chi connectivity index (χ4n) is 4.52. The van der Waals surface area contributed by atoms with Crippen molar-refractivity contribution in [3.05, 3.63) is 60.4 Å². The molecule has 190 valence electrons. The third kappa shape index (κ3) is 4.73. The van der Waals surface area contributed by atoms with Crippen molar-refractivity contribution in [2.45, 2.75) is 6.42 Å². The van der Waals surface area contributed by atoms with Crippen molar-refractivity contribution in [3.8, 4) is 28.7 Å². The van der Waals surface area contributed by atoms with Crippen LogP contribution in [0.1, 0.15) is 5.69 Å². The summed E-state index contributed by atoms with van der Waals surface area (Å²) < 4.78 is 15.6. The SMILES string of the molecule is CN(C)CCc1cc(-c2cc3nc(-n4ccc(-c5ccccc5)n4)nc(N4CCOCC4)c3o2)nn1C. The van der Waals surface area contributed by atoms with Crippen molar-refractivity contribution in [2.24, 2.45) is 7.05 Å². The molecule has 0 amide bonds. The Morgan fingerprint density at radius 3 is 2.54 bits per heavy atom. The first-order valence-corrected chi connectivity index (χ1v) is 12.5. The summed E-state index contributed by atoms with van der Waals surface area (Å²) in [6.45, 7) is 3.69. The van der Waals surface area contributed by atoms with Crippen LogP contribution in [0.4, 0.5) is 5.82 Å². The Morgan fingerprint density at radius 1 is 0.946 bits per heavy atom. The lowest BCUT2D eigenvalue weighted by Crippen LogP contribution is -2.37. The van der Waals surface area contributed by atoms with E-state index in [-0.39, 0.29) is 0 Å². The minimum absolute atomic E-state index is 0.496. The zero-order valence-corrected chi connectivity index (χ0v) is 21.3. The van der Waals surface area contributed by atoms with Crippen LogP contribution in [-0.2, 0) is 18.2 Å². The molecule has 6 rings (SSSR count). The Kier molecular flexibility index (Phi) is 6.19. The van der Waals surface area contributed by atoms with E-state index in [0.29, 0.717) is 30.5 Å². The van der Waals surface area contributed by atoms with Gasteiger partial charge < -0.3 is 19.0 Å². The monoisotopic (exact) mass is 498 g/mol. The summed E-state index contributed by atoms with van der Waals surface area (Å²) in [5.74, 6) is 1.92. The van der Waals surface area contributed by atoms with E-state index >= 15 is 0 Å². The van der Waals surface area contributed by atoms with Crippen LogP contribution >= 0.6 is 0 Å². The van der Waals surface area contributed by atoms with Gasteiger partial charge in [0.2, 0.25) is 0 Å². The highest BCUT2D eigenvalue weighted by molar-refractivity contribution is 5.88. The molecule has 0 radical (unpaired) electrons. The normalized spacial score (nSPS) is 14.2. The van der Waals surface area contributed by atoms with Crippen LogP contribution < -0.4 is 4.90 Å². The number of anilines is 1. The van der Waals surface area contributed by atoms with Gasteiger partial charge in [-0.25, -0.2) is 9.67 Å². The molecule has 5 heterocycles. The molecule has 0 bridgehead atoms. The Balaban J connectivity index is 1.41. The minimum atomic E-state index is 0.496. The van der Waals surface area contributed by atoms with Crippen LogP contribution in [0.15, 0.2) is 59.1 Å². The molecular formula is C27H30N8O2. The first-order chi connectivity index (χ1) is 18.0. The van der Waals surface area contributed by atoms with E-state index < -0.39 is 0 Å². The molecule has 4 aromatic heterocycles. The molecule has 5 aromatic rings. The molecule has 1 aromatic carbocycles. The molecule has 10 nitrogen and oxygen atoms in total. The topological polar surface area (TPSA) is 90.3 Å². The highest BCUT2D eigenvalue weighted by Gasteiger charge is 2.23. The van der Waals surface area contributed by atoms with Crippen LogP contribution in [0, 0.1) is 0 Å². The zero-order chi connectivity index (χ0) is 25.4. The number of aromatic nitrogens is 6. The van der Waals surface area contributed by atoms with Gasteiger partial charge in [0.25, 0.3) is 5.95 Å². The van der Waals surface area contributed by atoms with Gasteiger partial charge in [-0.1, -0.05) is 30.3 Å². The number of fused-ring (bicyclic) bond motifs is 1. The van der Waals surface area contributed by atoms with Crippen molar-refractivity contribution in [3.63, 3.8) is 0 Å². The number of ether oxygens (including phenoxy) is 1. The second-order valence-electron chi connectivity index (χ2n) is 9.48. The van der Waals surface area contributed by atoms with Crippen molar-refractivity contribution < 1.29 is 9.15 Å². The summed E-state index contributed by atoms with van der Waals surface area (Å²) >= 11 is 0. The van der Waals surface area contributed by atoms with Gasteiger partial charge >= 0.3 is 0 Å². The summed E-state index contributed by atoms with van der Waals surface area (Å²) in [7, 11) is 6.11. The molecule has 0 spiro atoms. The number of rotatable bonds is 7. The fraction of sp³-hybridized carbons (Fsp3) is 0.333. The molecule has 37 heavy (non-hydrogen) atoms. The van der Waals surface area contributed by atoms with Gasteiger partial charge in [0.05, 0.1) is 18.9 Å². The summed E-state index contributed by atoms with van der Waals surface area (Å²) in [6, 6.07) is 16.1. The van der Waals surface area contributed by atoms with Crippen molar-refractivity contribution in [1.29, 1.82) is 0 Å². The van der Waals surface area contributed by atoms with Gasteiger partial charge in [-0.2, -0.15) is 15.2 Å². The van der Waals surface area contributed by atoms with Gasteiger partial charge in [-0.3, -0.25) is 4.68 Å². The van der Waals surface area contributed by atoms with Gasteiger partial charge in [-0.15, -0.1) is 0 Å². The highest BCUT2D eigenvalue weighted by Crippen LogP contribution is 2.33. The van der Waals surface area contributed by atoms with Crippen LogP contribution in [-0.4, -0.2) is 81.4 Å². The van der Waals surface area contributed by atoms with E-state index in [1.54, 1.807) is 4.68 Å². The van der Waals surface area contributed by atoms with Gasteiger partial charge in [0.15, 0.2) is 17.2 Å². The largest absolute Gasteiger partial charge is 0.449 e. The minimum Gasteiger partial charge on any atom is -0.449 e. The number of morpholine rings is 1. The van der Waals surface area contributed by atoms with Gasteiger partial charge in [0, 0.05) is 56.6 Å². The molecular weight excluding hydrogens is 468 g/mol. The van der Waals surface area contributed by atoms with E-state index in [4.69, 9.17) is 29.3 Å². The molecule has 1 saturated heterocycles. The third-order valence-electron chi connectivity index (χ3n) is 6.56. The van der Waals surface area contributed by atoms with E-state index in [1.165, 1.54) is 0 Å². The highest BCUT2D eigenvalue weighted by atomic mass is 16.5. The van der Waals surface area contributed by atoms with Crippen LogP contribution in [0.25, 0.3) is 39.8 Å². The predicted octanol–water partition coefficient (Wildman–Crippen LogP) is 3.42. The summed E-state index contributed by atoms with van der Waals surface area (Å²) in [6.07, 6.45) is 2.80. The smallest absolute Gasteiger partial charge is 0.253 e. The molecule has 0 unspecified atom stereocenters. The van der Waals surface area contributed by atoms with Gasteiger partial charge in [-0.05, 0) is 26.2 Å². The van der Waals surface area contributed by atoms with Crippen LogP contribution in [0.3, 0.4) is 0 Å². The lowest BCUT2D eigenvalue weighted by atomic mass is 10.2. The average molecular weight is 499 g/mol. The number of furan rings is 1. The summed E-state index contributed by atoms with van der Waals surface area (Å²) in [5.41, 5.74) is 5.21. The molecule has 0 saturated carbocycles. The number of hydrogen-bond acceptors (Lipinski definition) is 8. The fourth-order valence-corrected chi connectivity index (χ4v) is 4.52. The molecule has 0 N–H and O–H groups in total. The average Bonchev–Trinajstić information content (AvgIpc) is 3.66. The maximum absolute atomic E-state index is 6.37. The molecule has 1 aliphatic heterocycles. The molecule has 10 heteroatoms. The zero-order valence-electron chi connectivity index (χ0n) is 21.3.